The Hall–Kier alpha value is -3.61. The van der Waals surface area contributed by atoms with Gasteiger partial charge < -0.3 is 35.8 Å². The monoisotopic (exact) mass is 533 g/mol. The molecule has 2 atom stereocenters. The van der Waals surface area contributed by atoms with E-state index in [1.54, 1.807) is 44.2 Å². The molecule has 2 rings (SSSR count). The van der Waals surface area contributed by atoms with Crippen LogP contribution in [0.4, 0.5) is 4.79 Å². The summed E-state index contributed by atoms with van der Waals surface area (Å²) in [5, 5.41) is 35.6. The molecular formula is C24H29BClN3O8. The van der Waals surface area contributed by atoms with E-state index in [0.29, 0.717) is 16.1 Å². The van der Waals surface area contributed by atoms with Gasteiger partial charge in [-0.05, 0) is 41.3 Å². The lowest BCUT2D eigenvalue weighted by atomic mass is 9.73. The fourth-order valence-corrected chi connectivity index (χ4v) is 3.56. The van der Waals surface area contributed by atoms with Crippen molar-refractivity contribution in [2.45, 2.75) is 38.9 Å². The Labute approximate surface area is 219 Å². The van der Waals surface area contributed by atoms with Gasteiger partial charge in [0.2, 0.25) is 11.8 Å². The largest absolute Gasteiger partial charge is 0.478 e. The van der Waals surface area contributed by atoms with Gasteiger partial charge in [-0.15, -0.1) is 0 Å². The number of carbonyl (C=O) groups excluding carboxylic acids is 3. The van der Waals surface area contributed by atoms with Crippen molar-refractivity contribution in [3.05, 3.63) is 70.2 Å². The summed E-state index contributed by atoms with van der Waals surface area (Å²) in [5.74, 6) is -3.67. The molecule has 2 aromatic carbocycles. The molecule has 11 nitrogen and oxygen atoms in total. The smallest absolute Gasteiger partial charge is 0.475 e. The van der Waals surface area contributed by atoms with E-state index in [2.05, 4.69) is 16.0 Å². The number of hydrogen-bond donors (Lipinski definition) is 6. The quantitative estimate of drug-likeness (QED) is 0.220. The second kappa shape index (κ2) is 14.2. The number of carbonyl (C=O) groups is 4. The highest BCUT2D eigenvalue weighted by Crippen LogP contribution is 2.13. The molecular weight excluding hydrogens is 505 g/mol. The van der Waals surface area contributed by atoms with Crippen LogP contribution in [0.3, 0.4) is 0 Å². The maximum absolute atomic E-state index is 12.9. The van der Waals surface area contributed by atoms with E-state index in [-0.39, 0.29) is 24.5 Å². The topological polar surface area (TPSA) is 174 Å². The van der Waals surface area contributed by atoms with Crippen molar-refractivity contribution in [2.24, 2.45) is 5.92 Å². The van der Waals surface area contributed by atoms with E-state index in [1.165, 1.54) is 18.2 Å². The van der Waals surface area contributed by atoms with Crippen LogP contribution in [0, 0.1) is 5.92 Å². The van der Waals surface area contributed by atoms with Gasteiger partial charge in [0.05, 0.1) is 18.0 Å². The van der Waals surface area contributed by atoms with Gasteiger partial charge in [0.25, 0.3) is 0 Å². The second-order valence-electron chi connectivity index (χ2n) is 8.58. The van der Waals surface area contributed by atoms with Crippen molar-refractivity contribution in [3.63, 3.8) is 0 Å². The predicted octanol–water partition coefficient (Wildman–Crippen LogP) is 1.14. The van der Waals surface area contributed by atoms with E-state index in [9.17, 15) is 29.2 Å². The van der Waals surface area contributed by atoms with Gasteiger partial charge in [0.1, 0.15) is 12.6 Å². The molecule has 0 saturated carbocycles. The maximum atomic E-state index is 12.9. The summed E-state index contributed by atoms with van der Waals surface area (Å²) in [4.78, 5) is 48.7. The molecule has 6 N–H and O–H groups in total. The van der Waals surface area contributed by atoms with Crippen LogP contribution in [0.25, 0.3) is 0 Å². The van der Waals surface area contributed by atoms with Crippen LogP contribution < -0.4 is 16.0 Å². The molecule has 0 aliphatic carbocycles. The number of hydrogen-bond acceptors (Lipinski definition) is 7. The Morgan fingerprint density at radius 2 is 1.68 bits per heavy atom. The highest BCUT2D eigenvalue weighted by Gasteiger charge is 2.29. The standard InChI is InChI=1S/C24H29BClN3O8/c1-14(2)21(25(35)36)29-20(30)12-27-22(31)19(11-15-5-4-8-18(26)10-15)28-24(34)37-13-16-6-3-7-17(9-16)23(32)33/h3-10,14,19,21,35-36H,11-13H2,1-2H3,(H,27,31)(H,28,34)(H,29,30)(H,32,33)/t19-,21?/m0/s1. The Kier molecular flexibility index (Phi) is 11.4. The average Bonchev–Trinajstić information content (AvgIpc) is 2.84. The van der Waals surface area contributed by atoms with Crippen LogP contribution in [0.1, 0.15) is 35.3 Å². The summed E-state index contributed by atoms with van der Waals surface area (Å²) in [5.41, 5.74) is 1.11. The van der Waals surface area contributed by atoms with E-state index < -0.39 is 49.5 Å². The van der Waals surface area contributed by atoms with Crippen molar-refractivity contribution in [3.8, 4) is 0 Å². The minimum Gasteiger partial charge on any atom is -0.478 e. The number of alkyl carbamates (subject to hydrolysis) is 1. The Balaban J connectivity index is 2.04. The predicted molar refractivity (Wildman–Crippen MR) is 136 cm³/mol. The number of benzene rings is 2. The van der Waals surface area contributed by atoms with Crippen molar-refractivity contribution in [2.75, 3.05) is 6.54 Å². The molecule has 0 aromatic heterocycles. The SMILES string of the molecule is CC(C)C(NC(=O)CNC(=O)[C@H](Cc1cccc(Cl)c1)NC(=O)OCc1cccc(C(=O)O)c1)B(O)O. The highest BCUT2D eigenvalue weighted by molar-refractivity contribution is 6.43. The summed E-state index contributed by atoms with van der Waals surface area (Å²) in [6.45, 7) is 2.68. The highest BCUT2D eigenvalue weighted by atomic mass is 35.5. The van der Waals surface area contributed by atoms with Gasteiger partial charge in [-0.3, -0.25) is 9.59 Å². The molecule has 0 spiro atoms. The summed E-state index contributed by atoms with van der Waals surface area (Å²) in [6, 6.07) is 11.4. The zero-order valence-electron chi connectivity index (χ0n) is 20.3. The van der Waals surface area contributed by atoms with Gasteiger partial charge in [0.15, 0.2) is 0 Å². The fraction of sp³-hybridized carbons (Fsp3) is 0.333. The van der Waals surface area contributed by atoms with Gasteiger partial charge >= 0.3 is 19.2 Å². The van der Waals surface area contributed by atoms with Crippen molar-refractivity contribution >= 4 is 42.6 Å². The normalized spacial score (nSPS) is 12.3. The fourth-order valence-electron chi connectivity index (χ4n) is 3.35. The van der Waals surface area contributed by atoms with Crippen LogP contribution in [0.5, 0.6) is 0 Å². The minimum absolute atomic E-state index is 0.0294. The zero-order chi connectivity index (χ0) is 27.5. The first-order valence-corrected chi connectivity index (χ1v) is 11.8. The molecule has 198 valence electrons. The van der Waals surface area contributed by atoms with Crippen molar-refractivity contribution < 1.29 is 39.1 Å². The van der Waals surface area contributed by atoms with Crippen molar-refractivity contribution in [1.82, 2.24) is 16.0 Å². The number of amides is 3. The molecule has 1 unspecified atom stereocenters. The molecule has 0 aliphatic heterocycles. The third kappa shape index (κ3) is 10.1. The molecule has 0 heterocycles. The first-order valence-electron chi connectivity index (χ1n) is 11.4. The molecule has 0 fully saturated rings. The summed E-state index contributed by atoms with van der Waals surface area (Å²) < 4.78 is 5.15. The number of nitrogens with one attached hydrogen (secondary N) is 3. The molecule has 2 aromatic rings. The lowest BCUT2D eigenvalue weighted by Gasteiger charge is -2.22. The molecule has 0 aliphatic rings. The van der Waals surface area contributed by atoms with E-state index >= 15 is 0 Å². The van der Waals surface area contributed by atoms with E-state index in [1.807, 2.05) is 0 Å². The van der Waals surface area contributed by atoms with Gasteiger partial charge in [0, 0.05) is 11.4 Å². The van der Waals surface area contributed by atoms with Crippen LogP contribution in [0.2, 0.25) is 5.02 Å². The van der Waals surface area contributed by atoms with Crippen LogP contribution in [0.15, 0.2) is 48.5 Å². The Morgan fingerprint density at radius 3 is 2.30 bits per heavy atom. The van der Waals surface area contributed by atoms with E-state index in [4.69, 9.17) is 21.4 Å². The summed E-state index contributed by atoms with van der Waals surface area (Å²) >= 11 is 6.02. The third-order valence-electron chi connectivity index (χ3n) is 5.27. The summed E-state index contributed by atoms with van der Waals surface area (Å²) in [6.07, 6.45) is -0.905. The zero-order valence-corrected chi connectivity index (χ0v) is 21.1. The first kappa shape index (κ1) is 29.6. The minimum atomic E-state index is -1.78. The second-order valence-corrected chi connectivity index (χ2v) is 9.02. The average molecular weight is 534 g/mol. The number of halogens is 1. The van der Waals surface area contributed by atoms with Crippen LogP contribution >= 0.6 is 11.6 Å². The molecule has 37 heavy (non-hydrogen) atoms. The third-order valence-corrected chi connectivity index (χ3v) is 5.51. The van der Waals surface area contributed by atoms with Crippen LogP contribution in [-0.4, -0.2) is 64.7 Å². The molecule has 13 heteroatoms. The molecule has 0 saturated heterocycles. The number of ether oxygens (including phenoxy) is 1. The molecule has 0 radical (unpaired) electrons. The van der Waals surface area contributed by atoms with Crippen LogP contribution in [-0.2, 0) is 27.4 Å². The van der Waals surface area contributed by atoms with Gasteiger partial charge in [-0.1, -0.05) is 49.7 Å². The lowest BCUT2D eigenvalue weighted by molar-refractivity contribution is -0.127. The van der Waals surface area contributed by atoms with E-state index in [0.717, 1.165) is 0 Å². The lowest BCUT2D eigenvalue weighted by Crippen LogP contribution is -2.54. The number of aromatic carboxylic acids is 1. The van der Waals surface area contributed by atoms with Gasteiger partial charge in [-0.2, -0.15) is 0 Å². The Morgan fingerprint density at radius 1 is 1.00 bits per heavy atom. The maximum Gasteiger partial charge on any atom is 0.475 e. The number of rotatable bonds is 12. The first-order chi connectivity index (χ1) is 17.5. The van der Waals surface area contributed by atoms with Crippen molar-refractivity contribution in [1.29, 1.82) is 0 Å². The van der Waals surface area contributed by atoms with Gasteiger partial charge in [-0.25, -0.2) is 9.59 Å². The molecule has 0 bridgehead atoms. The summed E-state index contributed by atoms with van der Waals surface area (Å²) in [7, 11) is -1.78. The molecule has 3 amide bonds. The number of carboxylic acids is 1. The Bertz CT molecular complexity index is 1110. The number of carboxylic acid groups (broad SMARTS) is 1.